The van der Waals surface area contributed by atoms with Gasteiger partial charge in [0.2, 0.25) is 6.79 Å². The molecule has 9 heteroatoms. The molecule has 4 aliphatic heterocycles. The Hall–Kier alpha value is -2.18. The van der Waals surface area contributed by atoms with Gasteiger partial charge >= 0.3 is 0 Å². The predicted octanol–water partition coefficient (Wildman–Crippen LogP) is 1.20. The summed E-state index contributed by atoms with van der Waals surface area (Å²) < 4.78 is 10.8. The number of hydrogen-bond acceptors (Lipinski definition) is 6. The minimum absolute atomic E-state index is 0.141. The zero-order chi connectivity index (χ0) is 19.4. The van der Waals surface area contributed by atoms with Crippen LogP contribution >= 0.6 is 0 Å². The van der Waals surface area contributed by atoms with Gasteiger partial charge in [-0.05, 0) is 42.7 Å². The highest BCUT2D eigenvalue weighted by atomic mass is 32.8. The largest absolute Gasteiger partial charge is 0.454 e. The highest BCUT2D eigenvalue weighted by Crippen LogP contribution is 2.65. The lowest BCUT2D eigenvalue weighted by Crippen LogP contribution is -2.60. The molecule has 4 aliphatic rings. The summed E-state index contributed by atoms with van der Waals surface area (Å²) >= 11 is 5.76. The van der Waals surface area contributed by atoms with Crippen LogP contribution < -0.4 is 9.47 Å². The molecule has 5 atom stereocenters. The number of hydrogen-bond donors (Lipinski definition) is 0. The molecule has 27 heavy (non-hydrogen) atoms. The molecule has 2 amide bonds. The SMILES string of the molecule is CN1C(=O)[C@@]23C[C@](C)(C#N)[C@H](c4ccc5c(c4)OCO5)N2C(=O)C1(C)[S@@]3=S. The number of rotatable bonds is 1. The fourth-order valence-corrected chi connectivity index (χ4v) is 8.44. The molecule has 0 radical (unpaired) electrons. The van der Waals surface area contributed by atoms with E-state index < -0.39 is 30.7 Å². The second-order valence-corrected chi connectivity index (χ2v) is 10.8. The minimum Gasteiger partial charge on any atom is -0.454 e. The molecule has 1 unspecified atom stereocenters. The number of ether oxygens (including phenoxy) is 2. The molecular weight excluding hydrogens is 386 g/mol. The highest BCUT2D eigenvalue weighted by molar-refractivity contribution is 8.31. The Morgan fingerprint density at radius 1 is 1.26 bits per heavy atom. The van der Waals surface area contributed by atoms with Crippen LogP contribution in [0.25, 0.3) is 0 Å². The summed E-state index contributed by atoms with van der Waals surface area (Å²) in [5, 5.41) is 10.0. The van der Waals surface area contributed by atoms with Crippen molar-refractivity contribution in [3.63, 3.8) is 0 Å². The van der Waals surface area contributed by atoms with Gasteiger partial charge in [0.05, 0.1) is 17.5 Å². The highest BCUT2D eigenvalue weighted by Gasteiger charge is 2.80. The van der Waals surface area contributed by atoms with Crippen LogP contribution in [0.5, 0.6) is 11.5 Å². The van der Waals surface area contributed by atoms with E-state index in [0.717, 1.165) is 5.56 Å². The lowest BCUT2D eigenvalue weighted by atomic mass is 9.79. The van der Waals surface area contributed by atoms with E-state index in [2.05, 4.69) is 6.07 Å². The minimum atomic E-state index is -1.12. The lowest BCUT2D eigenvalue weighted by Gasteiger charge is -2.39. The third-order valence-electron chi connectivity index (χ3n) is 6.39. The van der Waals surface area contributed by atoms with Gasteiger partial charge in [-0.2, -0.15) is 5.26 Å². The molecule has 0 aliphatic carbocycles. The van der Waals surface area contributed by atoms with Gasteiger partial charge in [0.1, 0.15) is 0 Å². The summed E-state index contributed by atoms with van der Waals surface area (Å²) in [5.74, 6) is 0.875. The molecule has 0 aromatic heterocycles. The van der Waals surface area contributed by atoms with Crippen LogP contribution in [0.15, 0.2) is 18.2 Å². The van der Waals surface area contributed by atoms with E-state index in [1.54, 1.807) is 37.9 Å². The van der Waals surface area contributed by atoms with E-state index in [9.17, 15) is 14.9 Å². The third-order valence-corrected chi connectivity index (χ3v) is 10.5. The molecule has 0 N–H and O–H groups in total. The zero-order valence-electron chi connectivity index (χ0n) is 15.0. The Morgan fingerprint density at radius 3 is 2.67 bits per heavy atom. The number of fused-ring (bicyclic) bond motifs is 2. The van der Waals surface area contributed by atoms with Crippen LogP contribution in [-0.2, 0) is 30.2 Å². The van der Waals surface area contributed by atoms with Crippen molar-refractivity contribution in [3.8, 4) is 17.6 Å². The summed E-state index contributed by atoms with van der Waals surface area (Å²) in [6.07, 6.45) is 0.243. The number of likely N-dealkylation sites (N-methyl/N-ethyl adjacent to an activating group) is 1. The lowest BCUT2D eigenvalue weighted by molar-refractivity contribution is -0.159. The van der Waals surface area contributed by atoms with E-state index in [4.69, 9.17) is 20.7 Å². The zero-order valence-corrected chi connectivity index (χ0v) is 16.6. The van der Waals surface area contributed by atoms with Gasteiger partial charge in [0.15, 0.2) is 21.2 Å². The predicted molar refractivity (Wildman–Crippen MR) is 99.1 cm³/mol. The van der Waals surface area contributed by atoms with E-state index in [-0.39, 0.29) is 25.0 Å². The summed E-state index contributed by atoms with van der Waals surface area (Å²) in [6.45, 7) is 3.69. The molecule has 3 fully saturated rings. The van der Waals surface area contributed by atoms with Crippen LogP contribution in [-0.4, -0.2) is 45.2 Å². The van der Waals surface area contributed by atoms with Crippen molar-refractivity contribution in [1.82, 2.24) is 9.80 Å². The number of benzene rings is 1. The first-order chi connectivity index (χ1) is 12.7. The molecule has 1 aromatic carbocycles. The maximum atomic E-state index is 13.5. The monoisotopic (exact) mass is 403 g/mol. The van der Waals surface area contributed by atoms with Gasteiger partial charge < -0.3 is 19.3 Å². The van der Waals surface area contributed by atoms with Crippen molar-refractivity contribution >= 4 is 32.5 Å². The Bertz CT molecular complexity index is 1010. The van der Waals surface area contributed by atoms with E-state index in [1.807, 2.05) is 6.07 Å². The Labute approximate surface area is 163 Å². The first-order valence-corrected chi connectivity index (χ1v) is 10.7. The van der Waals surface area contributed by atoms with Gasteiger partial charge in [-0.1, -0.05) is 15.5 Å². The number of carbonyl (C=O) groups excluding carboxylic acids is 2. The number of carbonyl (C=O) groups is 2. The van der Waals surface area contributed by atoms with Gasteiger partial charge in [-0.25, -0.2) is 0 Å². The number of piperazine rings is 1. The maximum Gasteiger partial charge on any atom is 0.261 e. The van der Waals surface area contributed by atoms with Crippen molar-refractivity contribution in [2.45, 2.75) is 36.1 Å². The van der Waals surface area contributed by atoms with Gasteiger partial charge in [0.25, 0.3) is 11.8 Å². The second-order valence-electron chi connectivity index (χ2n) is 7.80. The van der Waals surface area contributed by atoms with Crippen LogP contribution in [0.1, 0.15) is 31.9 Å². The molecule has 1 aromatic rings. The average molecular weight is 403 g/mol. The van der Waals surface area contributed by atoms with Gasteiger partial charge in [-0.15, -0.1) is 0 Å². The smallest absolute Gasteiger partial charge is 0.261 e. The fourth-order valence-electron chi connectivity index (χ4n) is 4.92. The normalized spacial score (nSPS) is 41.3. The molecule has 3 saturated heterocycles. The Balaban J connectivity index is 1.73. The standard InChI is InChI=1S/C18H17N3O4S2/c1-16(8-19)7-18-15(23)20(3)17(2,27(18)26)14(22)21(18)13(16)10-4-5-11-12(6-10)25-9-24-11/h4-6,13H,7,9H2,1-3H3/t13-,16+,17?,18-,27-/m0/s1. The molecule has 4 heterocycles. The average Bonchev–Trinajstić information content (AvgIpc) is 3.31. The van der Waals surface area contributed by atoms with Crippen LogP contribution in [0, 0.1) is 16.7 Å². The number of amides is 2. The van der Waals surface area contributed by atoms with E-state index in [0.29, 0.717) is 11.5 Å². The van der Waals surface area contributed by atoms with E-state index >= 15 is 0 Å². The molecule has 5 rings (SSSR count). The quantitative estimate of drug-likeness (QED) is 0.701. The van der Waals surface area contributed by atoms with Crippen LogP contribution in [0.2, 0.25) is 0 Å². The molecule has 7 nitrogen and oxygen atoms in total. The number of nitriles is 1. The van der Waals surface area contributed by atoms with Gasteiger partial charge in [-0.3, -0.25) is 9.59 Å². The van der Waals surface area contributed by atoms with Crippen LogP contribution in [0.3, 0.4) is 0 Å². The summed E-state index contributed by atoms with van der Waals surface area (Å²) in [7, 11) is 0.689. The fraction of sp³-hybridized carbons (Fsp3) is 0.500. The van der Waals surface area contributed by atoms with Crippen molar-refractivity contribution < 1.29 is 19.1 Å². The van der Waals surface area contributed by atoms with Crippen LogP contribution in [0.4, 0.5) is 0 Å². The van der Waals surface area contributed by atoms with Crippen molar-refractivity contribution in [2.75, 3.05) is 13.8 Å². The van der Waals surface area contributed by atoms with Crippen molar-refractivity contribution in [2.24, 2.45) is 5.41 Å². The van der Waals surface area contributed by atoms with Crippen molar-refractivity contribution in [3.05, 3.63) is 23.8 Å². The Morgan fingerprint density at radius 2 is 1.96 bits per heavy atom. The second kappa shape index (κ2) is 4.80. The van der Waals surface area contributed by atoms with Crippen molar-refractivity contribution in [1.29, 1.82) is 5.26 Å². The number of nitrogens with zero attached hydrogens (tertiary/aromatic N) is 3. The third kappa shape index (κ3) is 1.61. The first kappa shape index (κ1) is 17.0. The Kier molecular flexibility index (Phi) is 3.02. The molecule has 1 spiro atoms. The molecular formula is C18H17N3O4S2. The molecule has 2 bridgehead atoms. The molecule has 140 valence electrons. The first-order valence-electron chi connectivity index (χ1n) is 8.56. The summed E-state index contributed by atoms with van der Waals surface area (Å²) in [6, 6.07) is 7.23. The molecule has 0 saturated carbocycles. The summed E-state index contributed by atoms with van der Waals surface area (Å²) in [5.41, 5.74) is -0.178. The maximum absolute atomic E-state index is 13.5. The van der Waals surface area contributed by atoms with Gasteiger partial charge in [0, 0.05) is 13.5 Å². The topological polar surface area (TPSA) is 82.9 Å². The van der Waals surface area contributed by atoms with E-state index in [1.165, 1.54) is 4.90 Å². The summed E-state index contributed by atoms with van der Waals surface area (Å²) in [4.78, 5) is 27.6.